The maximum Gasteiger partial charge on any atom is 0.197 e. The van der Waals surface area contributed by atoms with Crippen molar-refractivity contribution < 1.29 is 9.59 Å². The number of hydrogen-bond acceptors (Lipinski definition) is 2. The predicted octanol–water partition coefficient (Wildman–Crippen LogP) is 5.12. The largest absolute Gasteiger partial charge is 0.288 e. The molecule has 0 atom stereocenters. The number of fused-ring (bicyclic) bond motifs is 3. The average molecular weight is 324 g/mol. The van der Waals surface area contributed by atoms with E-state index in [9.17, 15) is 9.59 Å². The van der Waals surface area contributed by atoms with E-state index in [1.807, 2.05) is 67.6 Å². The van der Waals surface area contributed by atoms with E-state index >= 15 is 0 Å². The van der Waals surface area contributed by atoms with Crippen LogP contribution in [0.4, 0.5) is 0 Å². The van der Waals surface area contributed by atoms with Gasteiger partial charge in [-0.15, -0.1) is 0 Å². The zero-order chi connectivity index (χ0) is 17.4. The minimum absolute atomic E-state index is 0.211. The summed E-state index contributed by atoms with van der Waals surface area (Å²) in [6, 6.07) is 22.6. The number of hydrogen-bond donors (Lipinski definition) is 0. The van der Waals surface area contributed by atoms with Crippen LogP contribution < -0.4 is 0 Å². The first-order valence-corrected chi connectivity index (χ1v) is 8.21. The van der Waals surface area contributed by atoms with E-state index in [0.29, 0.717) is 11.1 Å². The van der Waals surface area contributed by atoms with E-state index < -0.39 is 0 Å². The Hall–Kier alpha value is -3.26. The lowest BCUT2D eigenvalue weighted by Gasteiger charge is -2.06. The molecule has 1 aliphatic rings. The Labute approximate surface area is 146 Å². The van der Waals surface area contributed by atoms with Crippen LogP contribution in [-0.4, -0.2) is 11.6 Å². The topological polar surface area (TPSA) is 34.1 Å². The number of ketones is 2. The third-order valence-corrected chi connectivity index (χ3v) is 4.48. The molecule has 0 bridgehead atoms. The summed E-state index contributed by atoms with van der Waals surface area (Å²) in [4.78, 5) is 26.2. The fourth-order valence-electron chi connectivity index (χ4n) is 3.28. The monoisotopic (exact) mass is 324 g/mol. The normalized spacial score (nSPS) is 13.1. The summed E-state index contributed by atoms with van der Waals surface area (Å²) in [5.74, 6) is -0.448. The molecule has 0 saturated heterocycles. The molecule has 0 fully saturated rings. The summed E-state index contributed by atoms with van der Waals surface area (Å²) in [6.07, 6.45) is 1.70. The quantitative estimate of drug-likeness (QED) is 0.459. The second-order valence-electron chi connectivity index (χ2n) is 6.22. The molecule has 25 heavy (non-hydrogen) atoms. The third kappa shape index (κ3) is 2.62. The molecule has 120 valence electrons. The van der Waals surface area contributed by atoms with E-state index in [4.69, 9.17) is 0 Å². The van der Waals surface area contributed by atoms with Gasteiger partial charge in [-0.2, -0.15) is 0 Å². The summed E-state index contributed by atoms with van der Waals surface area (Å²) < 4.78 is 0. The van der Waals surface area contributed by atoms with Crippen molar-refractivity contribution in [3.63, 3.8) is 0 Å². The van der Waals surface area contributed by atoms with Gasteiger partial charge >= 0.3 is 0 Å². The first-order chi connectivity index (χ1) is 12.1. The van der Waals surface area contributed by atoms with Crippen LogP contribution in [0.2, 0.25) is 0 Å². The highest BCUT2D eigenvalue weighted by atomic mass is 16.1. The van der Waals surface area contributed by atoms with Gasteiger partial charge in [-0.25, -0.2) is 0 Å². The molecule has 0 aromatic heterocycles. The van der Waals surface area contributed by atoms with E-state index in [0.717, 1.165) is 22.3 Å². The summed E-state index contributed by atoms with van der Waals surface area (Å²) >= 11 is 0. The number of Topliss-reactive ketones (excluding diaryl/α,β-unsaturated/α-hetero) is 2. The molecule has 0 unspecified atom stereocenters. The fourth-order valence-corrected chi connectivity index (χ4v) is 3.28. The highest BCUT2D eigenvalue weighted by Crippen LogP contribution is 2.34. The lowest BCUT2D eigenvalue weighted by molar-refractivity contribution is 0.0967. The van der Waals surface area contributed by atoms with Gasteiger partial charge in [0.1, 0.15) is 0 Å². The number of rotatable bonds is 1. The van der Waals surface area contributed by atoms with Crippen LogP contribution in [0.3, 0.4) is 0 Å². The SMILES string of the molecule is Cc1cccc(C=C2C(=O)c3ccccc3-c3ccccc3C2=O)c1. The summed E-state index contributed by atoms with van der Waals surface area (Å²) in [7, 11) is 0. The Balaban J connectivity index is 1.99. The van der Waals surface area contributed by atoms with E-state index in [2.05, 4.69) is 0 Å². The van der Waals surface area contributed by atoms with Gasteiger partial charge < -0.3 is 0 Å². The van der Waals surface area contributed by atoms with Crippen LogP contribution in [0.25, 0.3) is 17.2 Å². The summed E-state index contributed by atoms with van der Waals surface area (Å²) in [5, 5.41) is 0. The Bertz CT molecular complexity index is 982. The van der Waals surface area contributed by atoms with Crippen LogP contribution in [0, 0.1) is 6.92 Å². The lowest BCUT2D eigenvalue weighted by Crippen LogP contribution is -2.11. The summed E-state index contributed by atoms with van der Waals surface area (Å²) in [6.45, 7) is 1.99. The second-order valence-corrected chi connectivity index (χ2v) is 6.22. The average Bonchev–Trinajstić information content (AvgIpc) is 2.72. The molecule has 4 rings (SSSR count). The standard InChI is InChI=1S/C23H16O2/c1-15-7-6-8-16(13-15)14-21-22(24)19-11-4-2-9-17(19)18-10-3-5-12-20(18)23(21)25/h2-14H,1H3. The van der Waals surface area contributed by atoms with Gasteiger partial charge in [0.05, 0.1) is 5.57 Å². The van der Waals surface area contributed by atoms with E-state index in [1.54, 1.807) is 18.2 Å². The van der Waals surface area contributed by atoms with Gasteiger partial charge in [-0.05, 0) is 29.7 Å². The minimum atomic E-state index is -0.224. The molecule has 2 heteroatoms. The molecule has 0 radical (unpaired) electrons. The van der Waals surface area contributed by atoms with E-state index in [1.165, 1.54) is 0 Å². The van der Waals surface area contributed by atoms with Crippen LogP contribution in [0.5, 0.6) is 0 Å². The highest BCUT2D eigenvalue weighted by Gasteiger charge is 2.29. The van der Waals surface area contributed by atoms with Gasteiger partial charge in [0.15, 0.2) is 11.6 Å². The first-order valence-electron chi connectivity index (χ1n) is 8.21. The maximum absolute atomic E-state index is 13.1. The van der Waals surface area contributed by atoms with Crippen molar-refractivity contribution >= 4 is 17.6 Å². The van der Waals surface area contributed by atoms with Crippen molar-refractivity contribution in [1.29, 1.82) is 0 Å². The van der Waals surface area contributed by atoms with Crippen molar-refractivity contribution in [3.8, 4) is 11.1 Å². The van der Waals surface area contributed by atoms with Crippen LogP contribution >= 0.6 is 0 Å². The number of benzene rings is 3. The number of aryl methyl sites for hydroxylation is 1. The molecular formula is C23H16O2. The molecule has 0 heterocycles. The van der Waals surface area contributed by atoms with Gasteiger partial charge in [-0.3, -0.25) is 9.59 Å². The van der Waals surface area contributed by atoms with Crippen LogP contribution in [0.1, 0.15) is 31.8 Å². The molecule has 0 saturated carbocycles. The van der Waals surface area contributed by atoms with Gasteiger partial charge in [0.25, 0.3) is 0 Å². The Morgan fingerprint density at radius 3 is 1.68 bits per heavy atom. The fraction of sp³-hybridized carbons (Fsp3) is 0.0435. The predicted molar refractivity (Wildman–Crippen MR) is 99.7 cm³/mol. The number of allylic oxidation sites excluding steroid dienone is 1. The second kappa shape index (κ2) is 5.99. The van der Waals surface area contributed by atoms with Crippen molar-refractivity contribution in [2.45, 2.75) is 6.92 Å². The van der Waals surface area contributed by atoms with Crippen molar-refractivity contribution in [2.75, 3.05) is 0 Å². The first kappa shape index (κ1) is 15.3. The Morgan fingerprint density at radius 1 is 0.640 bits per heavy atom. The molecule has 0 aliphatic heterocycles. The highest BCUT2D eigenvalue weighted by molar-refractivity contribution is 6.37. The third-order valence-electron chi connectivity index (χ3n) is 4.48. The molecule has 0 amide bonds. The molecule has 0 spiro atoms. The number of carbonyl (C=O) groups excluding carboxylic acids is 2. The molecule has 1 aliphatic carbocycles. The molecule has 3 aromatic rings. The zero-order valence-electron chi connectivity index (χ0n) is 13.8. The maximum atomic E-state index is 13.1. The smallest absolute Gasteiger partial charge is 0.197 e. The number of carbonyl (C=O) groups is 2. The van der Waals surface area contributed by atoms with E-state index in [-0.39, 0.29) is 17.1 Å². The van der Waals surface area contributed by atoms with Crippen molar-refractivity contribution in [1.82, 2.24) is 0 Å². The van der Waals surface area contributed by atoms with Gasteiger partial charge in [-0.1, -0.05) is 78.4 Å². The van der Waals surface area contributed by atoms with Crippen molar-refractivity contribution in [2.24, 2.45) is 0 Å². The van der Waals surface area contributed by atoms with Gasteiger partial charge in [0, 0.05) is 11.1 Å². The lowest BCUT2D eigenvalue weighted by atomic mass is 9.96. The van der Waals surface area contributed by atoms with Gasteiger partial charge in [0.2, 0.25) is 0 Å². The Kier molecular flexibility index (Phi) is 3.66. The molecular weight excluding hydrogens is 308 g/mol. The van der Waals surface area contributed by atoms with Crippen molar-refractivity contribution in [3.05, 3.63) is 101 Å². The zero-order valence-corrected chi connectivity index (χ0v) is 13.8. The molecule has 3 aromatic carbocycles. The van der Waals surface area contributed by atoms with Crippen LogP contribution in [-0.2, 0) is 0 Å². The summed E-state index contributed by atoms with van der Waals surface area (Å²) in [5.41, 5.74) is 4.91. The van der Waals surface area contributed by atoms with Crippen LogP contribution in [0.15, 0.2) is 78.4 Å². The minimum Gasteiger partial charge on any atom is -0.288 e. The molecule has 0 N–H and O–H groups in total. The Morgan fingerprint density at radius 2 is 1.16 bits per heavy atom. The molecule has 2 nitrogen and oxygen atoms in total.